The Kier molecular flexibility index (Phi) is 5.62. The van der Waals surface area contributed by atoms with Crippen molar-refractivity contribution in [2.45, 2.75) is 63.8 Å². The van der Waals surface area contributed by atoms with Crippen LogP contribution in [0.5, 0.6) is 0 Å². The van der Waals surface area contributed by atoms with Crippen LogP contribution in [0.4, 0.5) is 0 Å². The predicted molar refractivity (Wildman–Crippen MR) is 76.6 cm³/mol. The summed E-state index contributed by atoms with van der Waals surface area (Å²) in [6.45, 7) is 9.93. The maximum Gasteiger partial charge on any atom is 0.154 e. The third-order valence-electron chi connectivity index (χ3n) is 3.35. The van der Waals surface area contributed by atoms with Gasteiger partial charge in [-0.1, -0.05) is 6.42 Å². The SMILES string of the molecule is CC(CNC(C)(C)C)NCC1CCCCS1(=O)=O. The Morgan fingerprint density at radius 2 is 1.94 bits per heavy atom. The maximum atomic E-state index is 11.9. The quantitative estimate of drug-likeness (QED) is 0.795. The highest BCUT2D eigenvalue weighted by atomic mass is 32.2. The van der Waals surface area contributed by atoms with Crippen LogP contribution < -0.4 is 10.6 Å². The first-order valence-electron chi connectivity index (χ1n) is 6.91. The Morgan fingerprint density at radius 1 is 1.28 bits per heavy atom. The summed E-state index contributed by atoms with van der Waals surface area (Å²) in [6, 6.07) is 0.293. The van der Waals surface area contributed by atoms with E-state index in [2.05, 4.69) is 38.3 Å². The topological polar surface area (TPSA) is 58.2 Å². The Morgan fingerprint density at radius 3 is 2.50 bits per heavy atom. The molecule has 1 aliphatic rings. The summed E-state index contributed by atoms with van der Waals surface area (Å²) >= 11 is 0. The Hall–Kier alpha value is -0.130. The van der Waals surface area contributed by atoms with Gasteiger partial charge < -0.3 is 10.6 Å². The molecule has 2 unspecified atom stereocenters. The van der Waals surface area contributed by atoms with E-state index in [1.165, 1.54) is 0 Å². The van der Waals surface area contributed by atoms with E-state index in [0.29, 0.717) is 18.3 Å². The molecule has 18 heavy (non-hydrogen) atoms. The fraction of sp³-hybridized carbons (Fsp3) is 1.00. The van der Waals surface area contributed by atoms with Crippen LogP contribution in [-0.2, 0) is 9.84 Å². The van der Waals surface area contributed by atoms with Crippen molar-refractivity contribution in [3.63, 3.8) is 0 Å². The van der Waals surface area contributed by atoms with E-state index in [4.69, 9.17) is 0 Å². The van der Waals surface area contributed by atoms with Gasteiger partial charge in [-0.05, 0) is 40.5 Å². The number of rotatable bonds is 5. The van der Waals surface area contributed by atoms with Crippen LogP contribution in [0.2, 0.25) is 0 Å². The van der Waals surface area contributed by atoms with Gasteiger partial charge in [0, 0.05) is 24.7 Å². The molecule has 4 nitrogen and oxygen atoms in total. The summed E-state index contributed by atoms with van der Waals surface area (Å²) in [6.07, 6.45) is 2.69. The fourth-order valence-electron chi connectivity index (χ4n) is 2.11. The highest BCUT2D eigenvalue weighted by Crippen LogP contribution is 2.18. The van der Waals surface area contributed by atoms with E-state index in [0.717, 1.165) is 25.8 Å². The second kappa shape index (κ2) is 6.35. The average molecular weight is 276 g/mol. The molecule has 0 aromatic carbocycles. The zero-order chi connectivity index (χ0) is 13.8. The Bertz CT molecular complexity index is 346. The van der Waals surface area contributed by atoms with Gasteiger partial charge in [-0.2, -0.15) is 0 Å². The van der Waals surface area contributed by atoms with E-state index in [1.54, 1.807) is 0 Å². The van der Waals surface area contributed by atoms with Crippen molar-refractivity contribution in [3.8, 4) is 0 Å². The molecule has 0 bridgehead atoms. The smallest absolute Gasteiger partial charge is 0.154 e. The van der Waals surface area contributed by atoms with Crippen LogP contribution in [0.3, 0.4) is 0 Å². The molecule has 0 amide bonds. The summed E-state index contributed by atoms with van der Waals surface area (Å²) in [7, 11) is -2.85. The molecule has 108 valence electrons. The highest BCUT2D eigenvalue weighted by Gasteiger charge is 2.28. The summed E-state index contributed by atoms with van der Waals surface area (Å²) in [5, 5.41) is 6.58. The molecule has 2 atom stereocenters. The van der Waals surface area contributed by atoms with Crippen LogP contribution in [0.25, 0.3) is 0 Å². The molecular formula is C13H28N2O2S. The van der Waals surface area contributed by atoms with Crippen molar-refractivity contribution < 1.29 is 8.42 Å². The molecule has 0 radical (unpaired) electrons. The fourth-order valence-corrected chi connectivity index (χ4v) is 3.93. The molecular weight excluding hydrogens is 248 g/mol. The van der Waals surface area contributed by atoms with E-state index in [9.17, 15) is 8.42 Å². The molecule has 0 spiro atoms. The Balaban J connectivity index is 2.31. The first-order chi connectivity index (χ1) is 8.21. The molecule has 0 aromatic rings. The van der Waals surface area contributed by atoms with E-state index < -0.39 is 9.84 Å². The minimum Gasteiger partial charge on any atom is -0.312 e. The van der Waals surface area contributed by atoms with Gasteiger partial charge in [0.25, 0.3) is 0 Å². The predicted octanol–water partition coefficient (Wildman–Crippen LogP) is 1.32. The average Bonchev–Trinajstić information content (AvgIpc) is 2.23. The van der Waals surface area contributed by atoms with E-state index in [1.807, 2.05) is 0 Å². The highest BCUT2D eigenvalue weighted by molar-refractivity contribution is 7.92. The zero-order valence-corrected chi connectivity index (χ0v) is 12.9. The van der Waals surface area contributed by atoms with Crippen molar-refractivity contribution in [1.29, 1.82) is 0 Å². The summed E-state index contributed by atoms with van der Waals surface area (Å²) < 4.78 is 23.7. The lowest BCUT2D eigenvalue weighted by molar-refractivity contribution is 0.384. The molecule has 1 heterocycles. The molecule has 2 N–H and O–H groups in total. The van der Waals surface area contributed by atoms with Crippen LogP contribution in [0.1, 0.15) is 47.0 Å². The third kappa shape index (κ3) is 5.67. The number of hydrogen-bond acceptors (Lipinski definition) is 4. The van der Waals surface area contributed by atoms with E-state index in [-0.39, 0.29) is 10.8 Å². The largest absolute Gasteiger partial charge is 0.312 e. The van der Waals surface area contributed by atoms with Gasteiger partial charge in [0.1, 0.15) is 0 Å². The van der Waals surface area contributed by atoms with Gasteiger partial charge in [0.05, 0.1) is 11.0 Å². The summed E-state index contributed by atoms with van der Waals surface area (Å²) in [5.74, 6) is 0.369. The van der Waals surface area contributed by atoms with Crippen LogP contribution in [0.15, 0.2) is 0 Å². The first kappa shape index (κ1) is 15.9. The van der Waals surface area contributed by atoms with Crippen molar-refractivity contribution in [3.05, 3.63) is 0 Å². The van der Waals surface area contributed by atoms with Gasteiger partial charge in [0.15, 0.2) is 9.84 Å². The normalized spacial score (nSPS) is 25.9. The molecule has 0 aliphatic carbocycles. The molecule has 1 aliphatic heterocycles. The minimum absolute atomic E-state index is 0.104. The van der Waals surface area contributed by atoms with Crippen molar-refractivity contribution >= 4 is 9.84 Å². The number of sulfone groups is 1. The van der Waals surface area contributed by atoms with E-state index >= 15 is 0 Å². The minimum atomic E-state index is -2.85. The summed E-state index contributed by atoms with van der Waals surface area (Å²) in [5.41, 5.74) is 0.104. The van der Waals surface area contributed by atoms with Gasteiger partial charge in [-0.15, -0.1) is 0 Å². The molecule has 1 rings (SSSR count). The van der Waals surface area contributed by atoms with Gasteiger partial charge >= 0.3 is 0 Å². The van der Waals surface area contributed by atoms with Gasteiger partial charge in [-0.3, -0.25) is 0 Å². The van der Waals surface area contributed by atoms with Crippen LogP contribution >= 0.6 is 0 Å². The molecule has 1 saturated heterocycles. The third-order valence-corrected chi connectivity index (χ3v) is 5.62. The Labute approximate surface area is 112 Å². The van der Waals surface area contributed by atoms with Crippen molar-refractivity contribution in [2.75, 3.05) is 18.8 Å². The molecule has 5 heteroatoms. The number of hydrogen-bond donors (Lipinski definition) is 2. The first-order valence-corrected chi connectivity index (χ1v) is 8.62. The van der Waals surface area contributed by atoms with Gasteiger partial charge in [-0.25, -0.2) is 8.42 Å². The van der Waals surface area contributed by atoms with Crippen LogP contribution in [-0.4, -0.2) is 44.1 Å². The summed E-state index contributed by atoms with van der Waals surface area (Å²) in [4.78, 5) is 0. The van der Waals surface area contributed by atoms with Crippen LogP contribution in [0, 0.1) is 0 Å². The molecule has 1 fully saturated rings. The lowest BCUT2D eigenvalue weighted by Gasteiger charge is -2.27. The standard InChI is InChI=1S/C13H28N2O2S/c1-11(9-15-13(2,3)4)14-10-12-7-5-6-8-18(12,16)17/h11-12,14-15H,5-10H2,1-4H3. The van der Waals surface area contributed by atoms with Crippen molar-refractivity contribution in [1.82, 2.24) is 10.6 Å². The molecule has 0 saturated carbocycles. The van der Waals surface area contributed by atoms with Crippen molar-refractivity contribution in [2.24, 2.45) is 0 Å². The lowest BCUT2D eigenvalue weighted by atomic mass is 10.1. The number of nitrogens with one attached hydrogen (secondary N) is 2. The lowest BCUT2D eigenvalue weighted by Crippen LogP contribution is -2.47. The molecule has 0 aromatic heterocycles. The second-order valence-electron chi connectivity index (χ2n) is 6.42. The maximum absolute atomic E-state index is 11.9. The second-order valence-corrected chi connectivity index (χ2v) is 8.83. The zero-order valence-electron chi connectivity index (χ0n) is 12.1. The monoisotopic (exact) mass is 276 g/mol. The van der Waals surface area contributed by atoms with Gasteiger partial charge in [0.2, 0.25) is 0 Å².